The van der Waals surface area contributed by atoms with Crippen LogP contribution in [0.5, 0.6) is 0 Å². The fourth-order valence-corrected chi connectivity index (χ4v) is 0.622. The Kier molecular flexibility index (Phi) is 4.83. The summed E-state index contributed by atoms with van der Waals surface area (Å²) in [6, 6.07) is 0.571. The zero-order valence-electron chi connectivity index (χ0n) is 8.21. The van der Waals surface area contributed by atoms with Crippen LogP contribution in [-0.2, 0) is 4.79 Å². The summed E-state index contributed by atoms with van der Waals surface area (Å²) in [5.74, 6) is -3.01. The molecule has 0 atom stereocenters. The molecule has 1 rings (SSSR count). The smallest absolute Gasteiger partial charge is 0.430 e. The predicted octanol–water partition coefficient (Wildman–Crippen LogP) is 0.182. The maximum atomic E-state index is 10.5. The molecule has 0 aromatic carbocycles. The zero-order valence-corrected chi connectivity index (χ0v) is 8.21. The molecule has 86 valence electrons. The van der Waals surface area contributed by atoms with Gasteiger partial charge in [-0.3, -0.25) is 4.98 Å². The van der Waals surface area contributed by atoms with Gasteiger partial charge in [0.15, 0.2) is 0 Å². The molecule has 1 heterocycles. The van der Waals surface area contributed by atoms with Crippen molar-refractivity contribution in [2.75, 3.05) is 0 Å². The van der Waals surface area contributed by atoms with Crippen molar-refractivity contribution < 1.29 is 27.6 Å². The van der Waals surface area contributed by atoms with Gasteiger partial charge in [0.25, 0.3) is 0 Å². The van der Waals surface area contributed by atoms with Gasteiger partial charge in [-0.25, -0.2) is 4.57 Å². The van der Waals surface area contributed by atoms with Crippen LogP contribution in [0.2, 0.25) is 0 Å². The molecule has 4 nitrogen and oxygen atoms in total. The van der Waals surface area contributed by atoms with Crippen LogP contribution in [0.4, 0.5) is 13.2 Å². The summed E-state index contributed by atoms with van der Waals surface area (Å²) in [4.78, 5) is 11.8. The molecule has 0 bridgehead atoms. The summed E-state index contributed by atoms with van der Waals surface area (Å²) < 4.78 is 33.7. The van der Waals surface area contributed by atoms with E-state index >= 15 is 0 Å². The Morgan fingerprint density at radius 2 is 1.93 bits per heavy atom. The molecule has 1 aromatic rings. The first kappa shape index (κ1) is 13.5. The minimum Gasteiger partial charge on any atom is -0.542 e. The van der Waals surface area contributed by atoms with Gasteiger partial charge in [-0.05, 0) is 13.8 Å². The van der Waals surface area contributed by atoms with Crippen molar-refractivity contribution in [3.05, 3.63) is 18.7 Å². The number of hydrogen-bond donors (Lipinski definition) is 1. The number of rotatable bonds is 1. The van der Waals surface area contributed by atoms with Crippen LogP contribution in [0.3, 0.4) is 0 Å². The van der Waals surface area contributed by atoms with Crippen molar-refractivity contribution in [1.29, 1.82) is 0 Å². The third-order valence-electron chi connectivity index (χ3n) is 1.39. The van der Waals surface area contributed by atoms with Gasteiger partial charge in [0.05, 0.1) is 6.04 Å². The molecule has 15 heavy (non-hydrogen) atoms. The highest BCUT2D eigenvalue weighted by Gasteiger charge is 2.28. The number of imidazole rings is 1. The highest BCUT2D eigenvalue weighted by molar-refractivity contribution is 5.70. The van der Waals surface area contributed by atoms with E-state index in [0.29, 0.717) is 6.04 Å². The normalized spacial score (nSPS) is 10.8. The molecule has 0 saturated heterocycles. The molecule has 0 aliphatic rings. The molecule has 0 aliphatic heterocycles. The van der Waals surface area contributed by atoms with Gasteiger partial charge in [-0.2, -0.15) is 13.2 Å². The van der Waals surface area contributed by atoms with E-state index in [4.69, 9.17) is 9.90 Å². The number of carbonyl (C=O) groups is 1. The number of nitrogens with one attached hydrogen (secondary N) is 1. The van der Waals surface area contributed by atoms with E-state index in [1.807, 2.05) is 18.7 Å². The molecule has 1 aromatic heterocycles. The largest absolute Gasteiger partial charge is 0.542 e. The fraction of sp³-hybridized carbons (Fsp3) is 0.500. The average Bonchev–Trinajstić information content (AvgIpc) is 2.54. The Labute approximate surface area is 84.4 Å². The van der Waals surface area contributed by atoms with Crippen LogP contribution >= 0.6 is 0 Å². The van der Waals surface area contributed by atoms with E-state index in [-0.39, 0.29) is 0 Å². The number of halogens is 3. The molecular formula is C8H11F3N2O2. The van der Waals surface area contributed by atoms with Crippen LogP contribution in [-0.4, -0.2) is 17.1 Å². The quantitative estimate of drug-likeness (QED) is 0.692. The van der Waals surface area contributed by atoms with E-state index in [9.17, 15) is 13.2 Å². The number of H-pyrrole nitrogens is 1. The fourth-order valence-electron chi connectivity index (χ4n) is 0.622. The molecule has 0 aliphatic carbocycles. The molecule has 7 heteroatoms. The van der Waals surface area contributed by atoms with E-state index in [1.165, 1.54) is 0 Å². The zero-order chi connectivity index (χ0) is 12.1. The van der Waals surface area contributed by atoms with Crippen molar-refractivity contribution in [3.8, 4) is 0 Å². The highest BCUT2D eigenvalue weighted by Crippen LogP contribution is 2.11. The summed E-state index contributed by atoms with van der Waals surface area (Å²) >= 11 is 0. The van der Waals surface area contributed by atoms with Gasteiger partial charge in [0.2, 0.25) is 6.33 Å². The highest BCUT2D eigenvalue weighted by atomic mass is 19.4. The van der Waals surface area contributed by atoms with E-state index in [0.717, 1.165) is 0 Å². The van der Waals surface area contributed by atoms with Crippen molar-refractivity contribution >= 4 is 5.97 Å². The third kappa shape index (κ3) is 5.71. The number of aromatic nitrogens is 2. The first-order chi connectivity index (χ1) is 6.75. The predicted molar refractivity (Wildman–Crippen MR) is 42.4 cm³/mol. The van der Waals surface area contributed by atoms with Crippen molar-refractivity contribution in [2.45, 2.75) is 26.1 Å². The third-order valence-corrected chi connectivity index (χ3v) is 1.39. The SMILES string of the molecule is CC(C)[n+]1cc[nH]c1.O=C([O-])C(F)(F)F. The average molecular weight is 224 g/mol. The minimum absolute atomic E-state index is 0.571. The van der Waals surface area contributed by atoms with Gasteiger partial charge < -0.3 is 9.90 Å². The van der Waals surface area contributed by atoms with Gasteiger partial charge in [0, 0.05) is 0 Å². The van der Waals surface area contributed by atoms with Gasteiger partial charge in [-0.15, -0.1) is 0 Å². The van der Waals surface area contributed by atoms with Crippen LogP contribution in [0.1, 0.15) is 19.9 Å². The Hall–Kier alpha value is -1.53. The molecule has 0 fully saturated rings. The monoisotopic (exact) mass is 224 g/mol. The minimum atomic E-state index is -5.19. The Morgan fingerprint density at radius 1 is 1.47 bits per heavy atom. The number of alkyl halides is 3. The number of hydrogen-bond acceptors (Lipinski definition) is 2. The van der Waals surface area contributed by atoms with Crippen LogP contribution < -0.4 is 9.67 Å². The summed E-state index contributed by atoms with van der Waals surface area (Å²) in [6.07, 6.45) is 0.690. The number of nitrogens with zero attached hydrogens (tertiary/aromatic N) is 1. The topological polar surface area (TPSA) is 59.8 Å². The lowest BCUT2D eigenvalue weighted by molar-refractivity contribution is -0.715. The second kappa shape index (κ2) is 5.38. The van der Waals surface area contributed by atoms with E-state index < -0.39 is 12.1 Å². The molecule has 1 N–H and O–H groups in total. The van der Waals surface area contributed by atoms with Gasteiger partial charge in [-0.1, -0.05) is 0 Å². The standard InChI is InChI=1S/C6H10N2.C2HF3O2/c1-6(2)8-4-3-7-5-8;3-2(4,5)1(6)7/h3-6H,1-2H3;(H,6,7). The summed E-state index contributed by atoms with van der Waals surface area (Å²) in [5.41, 5.74) is 0. The first-order valence-corrected chi connectivity index (χ1v) is 4.07. The maximum absolute atomic E-state index is 10.5. The lowest BCUT2D eigenvalue weighted by Gasteiger charge is -2.03. The Bertz CT molecular complexity index is 293. The molecule has 0 saturated carbocycles. The summed E-state index contributed by atoms with van der Waals surface area (Å²) in [7, 11) is 0. The Morgan fingerprint density at radius 3 is 2.07 bits per heavy atom. The van der Waals surface area contributed by atoms with Gasteiger partial charge in [0.1, 0.15) is 18.4 Å². The number of carboxylic acid groups (broad SMARTS) is 1. The Balaban J connectivity index is 0.000000265. The molecule has 0 amide bonds. The number of carboxylic acids is 1. The first-order valence-electron chi connectivity index (χ1n) is 4.07. The van der Waals surface area contributed by atoms with E-state index in [2.05, 4.69) is 23.4 Å². The van der Waals surface area contributed by atoms with Crippen molar-refractivity contribution in [1.82, 2.24) is 4.98 Å². The van der Waals surface area contributed by atoms with Gasteiger partial charge >= 0.3 is 6.18 Å². The molecule has 0 radical (unpaired) electrons. The lowest BCUT2D eigenvalue weighted by atomic mass is 10.4. The number of aromatic amines is 1. The van der Waals surface area contributed by atoms with Crippen molar-refractivity contribution in [3.63, 3.8) is 0 Å². The molecule has 0 unspecified atom stereocenters. The van der Waals surface area contributed by atoms with Crippen LogP contribution in [0, 0.1) is 0 Å². The number of aliphatic carboxylic acids is 1. The maximum Gasteiger partial charge on any atom is 0.430 e. The number of carbonyl (C=O) groups excluding carboxylic acids is 1. The summed E-state index contributed by atoms with van der Waals surface area (Å²) in [6.45, 7) is 4.29. The van der Waals surface area contributed by atoms with E-state index in [1.54, 1.807) is 0 Å². The molecule has 0 spiro atoms. The van der Waals surface area contributed by atoms with Crippen molar-refractivity contribution in [2.24, 2.45) is 0 Å². The second-order valence-corrected chi connectivity index (χ2v) is 2.94. The lowest BCUT2D eigenvalue weighted by Crippen LogP contribution is -2.37. The van der Waals surface area contributed by atoms with Crippen LogP contribution in [0.15, 0.2) is 18.7 Å². The van der Waals surface area contributed by atoms with Crippen LogP contribution in [0.25, 0.3) is 0 Å². The molecular weight excluding hydrogens is 213 g/mol. The second-order valence-electron chi connectivity index (χ2n) is 2.94. The summed E-state index contributed by atoms with van der Waals surface area (Å²) in [5, 5.41) is 8.78.